The average molecular weight is 445 g/mol. The van der Waals surface area contributed by atoms with Crippen LogP contribution in [0, 0.1) is 11.3 Å². The molecular formula is C28H36N4O. The topological polar surface area (TPSA) is 75.1 Å². The summed E-state index contributed by atoms with van der Waals surface area (Å²) in [6.45, 7) is 8.46. The van der Waals surface area contributed by atoms with E-state index >= 15 is 0 Å². The van der Waals surface area contributed by atoms with E-state index < -0.39 is 0 Å². The first-order chi connectivity index (χ1) is 16.0. The molecule has 174 valence electrons. The van der Waals surface area contributed by atoms with Gasteiger partial charge in [-0.15, -0.1) is 0 Å². The van der Waals surface area contributed by atoms with Crippen molar-refractivity contribution in [2.45, 2.75) is 46.6 Å². The lowest BCUT2D eigenvalue weighted by atomic mass is 9.96. The van der Waals surface area contributed by atoms with Crippen molar-refractivity contribution in [2.24, 2.45) is 11.7 Å². The minimum Gasteiger partial charge on any atom is -0.402 e. The number of allylic oxidation sites excluding steroid dienone is 2. The zero-order valence-corrected chi connectivity index (χ0v) is 20.1. The van der Waals surface area contributed by atoms with Crippen molar-refractivity contribution in [3.8, 4) is 0 Å². The van der Waals surface area contributed by atoms with Gasteiger partial charge in [0, 0.05) is 54.2 Å². The molecule has 0 unspecified atom stereocenters. The number of amides is 1. The van der Waals surface area contributed by atoms with Crippen molar-refractivity contribution in [2.75, 3.05) is 13.1 Å². The van der Waals surface area contributed by atoms with E-state index in [1.807, 2.05) is 62.1 Å². The van der Waals surface area contributed by atoms with E-state index in [1.165, 1.54) is 11.7 Å². The minimum atomic E-state index is 0.230. The number of carbonyl (C=O) groups excluding carboxylic acids is 1. The molecule has 0 radical (unpaired) electrons. The molecule has 0 saturated carbocycles. The molecule has 1 aliphatic heterocycles. The first kappa shape index (κ1) is 24.3. The van der Waals surface area contributed by atoms with Gasteiger partial charge in [-0.05, 0) is 55.0 Å². The van der Waals surface area contributed by atoms with Gasteiger partial charge >= 0.3 is 0 Å². The van der Waals surface area contributed by atoms with Crippen LogP contribution in [0.1, 0.15) is 44.7 Å². The number of nitrogens with zero attached hydrogens (tertiary/aromatic N) is 2. The molecule has 1 fully saturated rings. The van der Waals surface area contributed by atoms with Crippen molar-refractivity contribution >= 4 is 28.6 Å². The molecule has 0 atom stereocenters. The molecule has 1 aromatic heterocycles. The maximum atomic E-state index is 12.6. The van der Waals surface area contributed by atoms with Gasteiger partial charge in [0.2, 0.25) is 5.91 Å². The molecule has 1 aliphatic rings. The maximum absolute atomic E-state index is 12.6. The van der Waals surface area contributed by atoms with E-state index in [0.717, 1.165) is 54.6 Å². The Morgan fingerprint density at radius 3 is 2.42 bits per heavy atom. The second-order valence-electron chi connectivity index (χ2n) is 8.47. The second kappa shape index (κ2) is 11.5. The quantitative estimate of drug-likeness (QED) is 0.494. The predicted octanol–water partition coefficient (Wildman–Crippen LogP) is 5.49. The van der Waals surface area contributed by atoms with Gasteiger partial charge in [-0.3, -0.25) is 4.79 Å². The Balaban J connectivity index is 0.00000149. The van der Waals surface area contributed by atoms with Crippen LogP contribution in [0.25, 0.3) is 16.5 Å². The lowest BCUT2D eigenvalue weighted by Gasteiger charge is -2.32. The van der Waals surface area contributed by atoms with Crippen LogP contribution in [0.15, 0.2) is 66.5 Å². The van der Waals surface area contributed by atoms with Gasteiger partial charge in [0.25, 0.3) is 0 Å². The van der Waals surface area contributed by atoms with Crippen molar-refractivity contribution in [1.29, 1.82) is 5.41 Å². The summed E-state index contributed by atoms with van der Waals surface area (Å²) in [7, 11) is 0. The average Bonchev–Trinajstić information content (AvgIpc) is 3.23. The van der Waals surface area contributed by atoms with Crippen molar-refractivity contribution in [3.05, 3.63) is 77.6 Å². The Labute approximate surface area is 197 Å². The van der Waals surface area contributed by atoms with E-state index in [2.05, 4.69) is 29.0 Å². The highest BCUT2D eigenvalue weighted by molar-refractivity contribution is 6.10. The number of hydrogen-bond acceptors (Lipinski definition) is 3. The molecule has 1 amide bonds. The predicted molar refractivity (Wildman–Crippen MR) is 138 cm³/mol. The van der Waals surface area contributed by atoms with Gasteiger partial charge in [0.05, 0.1) is 6.42 Å². The van der Waals surface area contributed by atoms with Crippen LogP contribution >= 0.6 is 0 Å². The fraction of sp³-hybridized carbons (Fsp3) is 0.357. The summed E-state index contributed by atoms with van der Waals surface area (Å²) in [6.07, 6.45) is 6.02. The van der Waals surface area contributed by atoms with Gasteiger partial charge in [-0.1, -0.05) is 50.2 Å². The first-order valence-corrected chi connectivity index (χ1v) is 11.9. The summed E-state index contributed by atoms with van der Waals surface area (Å²) < 4.78 is 2.31. The third-order valence-electron chi connectivity index (χ3n) is 6.27. The molecule has 5 nitrogen and oxygen atoms in total. The summed E-state index contributed by atoms with van der Waals surface area (Å²) in [5.41, 5.74) is 10.6. The Kier molecular flexibility index (Phi) is 8.47. The normalized spacial score (nSPS) is 14.9. The molecule has 1 saturated heterocycles. The third kappa shape index (κ3) is 5.92. The number of fused-ring (bicyclic) bond motifs is 1. The molecule has 5 heteroatoms. The lowest BCUT2D eigenvalue weighted by Crippen LogP contribution is -2.40. The Morgan fingerprint density at radius 2 is 1.79 bits per heavy atom. The number of piperidine rings is 1. The zero-order valence-electron chi connectivity index (χ0n) is 20.1. The molecule has 2 aromatic carbocycles. The van der Waals surface area contributed by atoms with Crippen molar-refractivity contribution in [3.63, 3.8) is 0 Å². The molecule has 4 rings (SSSR count). The number of carbonyl (C=O) groups is 1. The number of aromatic nitrogens is 1. The molecule has 0 spiro atoms. The van der Waals surface area contributed by atoms with E-state index in [-0.39, 0.29) is 5.91 Å². The molecule has 0 bridgehead atoms. The van der Waals surface area contributed by atoms with Crippen molar-refractivity contribution in [1.82, 2.24) is 9.47 Å². The standard InChI is InChI=1S/C26H30N4O.C2H6/c1-19(28)24(17-27)22-7-8-25-23(16-22)11-14-30(25)18-21-9-12-29(13-10-21)26(31)15-20-5-3-2-4-6-20;1-2/h2-8,11,14,16-17,21,27H,9-10,12-13,15,18,28H2,1H3;1-2H3/b24-19+,27-17?;. The monoisotopic (exact) mass is 444 g/mol. The number of likely N-dealkylation sites (tertiary alicyclic amines) is 1. The highest BCUT2D eigenvalue weighted by Crippen LogP contribution is 2.26. The van der Waals surface area contributed by atoms with Gasteiger partial charge < -0.3 is 20.6 Å². The molecular weight excluding hydrogens is 408 g/mol. The van der Waals surface area contributed by atoms with Crippen molar-refractivity contribution < 1.29 is 4.79 Å². The van der Waals surface area contributed by atoms with E-state index in [0.29, 0.717) is 18.0 Å². The number of nitrogens with one attached hydrogen (secondary N) is 1. The fourth-order valence-corrected chi connectivity index (χ4v) is 4.48. The van der Waals surface area contributed by atoms with Crippen LogP contribution in [0.2, 0.25) is 0 Å². The largest absolute Gasteiger partial charge is 0.402 e. The summed E-state index contributed by atoms with van der Waals surface area (Å²) >= 11 is 0. The molecule has 33 heavy (non-hydrogen) atoms. The summed E-state index contributed by atoms with van der Waals surface area (Å²) in [5.74, 6) is 0.799. The van der Waals surface area contributed by atoms with Gasteiger partial charge in [-0.25, -0.2) is 0 Å². The smallest absolute Gasteiger partial charge is 0.226 e. The highest BCUT2D eigenvalue weighted by Gasteiger charge is 2.23. The molecule has 0 aliphatic carbocycles. The van der Waals surface area contributed by atoms with Crippen LogP contribution in [-0.2, 0) is 17.8 Å². The molecule has 3 N–H and O–H groups in total. The fourth-order valence-electron chi connectivity index (χ4n) is 4.48. The van der Waals surface area contributed by atoms with E-state index in [9.17, 15) is 4.79 Å². The van der Waals surface area contributed by atoms with Crippen LogP contribution in [0.3, 0.4) is 0 Å². The number of hydrogen-bond donors (Lipinski definition) is 2. The minimum absolute atomic E-state index is 0.230. The van der Waals surface area contributed by atoms with Gasteiger partial charge in [0.15, 0.2) is 0 Å². The summed E-state index contributed by atoms with van der Waals surface area (Å²) in [4.78, 5) is 14.6. The SMILES string of the molecule is C/C(N)=C(/C=N)c1ccc2c(ccn2CC2CCN(C(=O)Cc3ccccc3)CC2)c1.CC. The van der Waals surface area contributed by atoms with Gasteiger partial charge in [-0.2, -0.15) is 0 Å². The van der Waals surface area contributed by atoms with Gasteiger partial charge in [0.1, 0.15) is 0 Å². The Morgan fingerprint density at radius 1 is 1.09 bits per heavy atom. The third-order valence-corrected chi connectivity index (χ3v) is 6.27. The molecule has 2 heterocycles. The lowest BCUT2D eigenvalue weighted by molar-refractivity contribution is -0.131. The van der Waals surface area contributed by atoms with Crippen LogP contribution in [0.5, 0.6) is 0 Å². The van der Waals surface area contributed by atoms with E-state index in [4.69, 9.17) is 11.1 Å². The first-order valence-electron chi connectivity index (χ1n) is 11.9. The zero-order chi connectivity index (χ0) is 23.8. The Bertz CT molecular complexity index is 1100. The van der Waals surface area contributed by atoms with E-state index in [1.54, 1.807) is 0 Å². The number of benzene rings is 2. The maximum Gasteiger partial charge on any atom is 0.226 e. The van der Waals surface area contributed by atoms with Crippen LogP contribution < -0.4 is 5.73 Å². The Hall–Kier alpha value is -3.34. The molecule has 3 aromatic rings. The second-order valence-corrected chi connectivity index (χ2v) is 8.47. The number of rotatable bonds is 6. The summed E-state index contributed by atoms with van der Waals surface area (Å²) in [6, 6.07) is 18.4. The van der Waals surface area contributed by atoms with Crippen LogP contribution in [-0.4, -0.2) is 34.7 Å². The highest BCUT2D eigenvalue weighted by atomic mass is 16.2. The number of nitrogens with two attached hydrogens (primary N) is 1. The van der Waals surface area contributed by atoms with Crippen LogP contribution in [0.4, 0.5) is 0 Å². The summed E-state index contributed by atoms with van der Waals surface area (Å²) in [5, 5.41) is 8.79.